The van der Waals surface area contributed by atoms with Gasteiger partial charge in [0, 0.05) is 32.4 Å². The molecule has 0 spiro atoms. The van der Waals surface area contributed by atoms with Crippen molar-refractivity contribution in [3.05, 3.63) is 17.5 Å². The minimum absolute atomic E-state index is 0.0213. The molecule has 0 saturated carbocycles. The number of thioether (sulfide) groups is 1. The van der Waals surface area contributed by atoms with Crippen LogP contribution in [0.25, 0.3) is 0 Å². The van der Waals surface area contributed by atoms with Crippen molar-refractivity contribution in [3.63, 3.8) is 0 Å². The summed E-state index contributed by atoms with van der Waals surface area (Å²) >= 11 is 2.81. The Hall–Kier alpha value is -2.11. The average molecular weight is 474 g/mol. The fourth-order valence-electron chi connectivity index (χ4n) is 2.85. The summed E-state index contributed by atoms with van der Waals surface area (Å²) in [5.41, 5.74) is 0. The van der Waals surface area contributed by atoms with Crippen molar-refractivity contribution >= 4 is 46.9 Å². The van der Waals surface area contributed by atoms with Gasteiger partial charge in [0.05, 0.1) is 17.2 Å². The smallest absolute Gasteiger partial charge is 0.323 e. The van der Waals surface area contributed by atoms with Crippen molar-refractivity contribution < 1.29 is 29.1 Å². The molecular weight excluding hydrogens is 442 g/mol. The Morgan fingerprint density at radius 2 is 2.00 bits per heavy atom. The van der Waals surface area contributed by atoms with Gasteiger partial charge in [-0.3, -0.25) is 24.5 Å². The van der Waals surface area contributed by atoms with E-state index in [4.69, 9.17) is 0 Å². The number of hydroxylamine groups is 2. The van der Waals surface area contributed by atoms with Crippen LogP contribution in [0.1, 0.15) is 39.5 Å². The maximum absolute atomic E-state index is 13.1. The minimum Gasteiger partial charge on any atom is -0.469 e. The SMILES string of the molecule is CNC(=O)N(CCCC(=O)OC)C(=O)[C@@H](CC(=O)N(O)CSc1cccs1)CC(C)C. The number of carbonyl (C=O) groups is 4. The van der Waals surface area contributed by atoms with Crippen LogP contribution in [0.2, 0.25) is 0 Å². The van der Waals surface area contributed by atoms with E-state index in [1.807, 2.05) is 31.4 Å². The highest BCUT2D eigenvalue weighted by Gasteiger charge is 2.31. The highest BCUT2D eigenvalue weighted by atomic mass is 32.2. The first-order valence-corrected chi connectivity index (χ1v) is 11.8. The number of amides is 4. The molecule has 0 unspecified atom stereocenters. The number of imide groups is 1. The van der Waals surface area contributed by atoms with Gasteiger partial charge in [-0.15, -0.1) is 11.3 Å². The standard InChI is InChI=1S/C20H31N3O6S2/c1-14(2)11-15(12-16(24)23(28)13-31-18-8-6-10-30-18)19(26)22(20(27)21-3)9-5-7-17(25)29-4/h6,8,10,14-15,28H,5,7,9,11-13H2,1-4H3,(H,21,27)/t15-/m1/s1. The Morgan fingerprint density at radius 3 is 2.55 bits per heavy atom. The summed E-state index contributed by atoms with van der Waals surface area (Å²) in [7, 11) is 2.68. The maximum Gasteiger partial charge on any atom is 0.323 e. The zero-order chi connectivity index (χ0) is 23.4. The van der Waals surface area contributed by atoms with Gasteiger partial charge < -0.3 is 10.1 Å². The minimum atomic E-state index is -0.774. The van der Waals surface area contributed by atoms with Crippen LogP contribution in [0, 0.1) is 11.8 Å². The van der Waals surface area contributed by atoms with E-state index < -0.39 is 29.7 Å². The normalized spacial score (nSPS) is 11.7. The number of urea groups is 1. The van der Waals surface area contributed by atoms with Crippen LogP contribution in [-0.4, -0.2) is 65.6 Å². The molecule has 1 rings (SSSR count). The van der Waals surface area contributed by atoms with Crippen LogP contribution in [0.3, 0.4) is 0 Å². The monoisotopic (exact) mass is 473 g/mol. The lowest BCUT2D eigenvalue weighted by atomic mass is 9.92. The van der Waals surface area contributed by atoms with Gasteiger partial charge in [0.15, 0.2) is 0 Å². The largest absolute Gasteiger partial charge is 0.469 e. The number of nitrogens with zero attached hydrogens (tertiary/aromatic N) is 2. The first-order valence-electron chi connectivity index (χ1n) is 9.95. The molecule has 0 aliphatic rings. The van der Waals surface area contributed by atoms with Crippen molar-refractivity contribution in [2.24, 2.45) is 11.8 Å². The molecule has 1 aromatic heterocycles. The highest BCUT2D eigenvalue weighted by molar-refractivity contribution is 8.01. The third-order valence-electron chi connectivity index (χ3n) is 4.35. The Bertz CT molecular complexity index is 727. The second-order valence-electron chi connectivity index (χ2n) is 7.25. The molecule has 31 heavy (non-hydrogen) atoms. The molecule has 0 saturated heterocycles. The lowest BCUT2D eigenvalue weighted by Gasteiger charge is -2.27. The van der Waals surface area contributed by atoms with Crippen LogP contribution >= 0.6 is 23.1 Å². The molecular formula is C20H31N3O6S2. The number of nitrogens with one attached hydrogen (secondary N) is 1. The number of thiophene rings is 1. The summed E-state index contributed by atoms with van der Waals surface area (Å²) in [4.78, 5) is 50.3. The summed E-state index contributed by atoms with van der Waals surface area (Å²) in [6.07, 6.45) is 0.469. The lowest BCUT2D eigenvalue weighted by molar-refractivity contribution is -0.163. The third kappa shape index (κ3) is 9.70. The zero-order valence-corrected chi connectivity index (χ0v) is 20.0. The fourth-order valence-corrected chi connectivity index (χ4v) is 4.46. The van der Waals surface area contributed by atoms with Crippen LogP contribution in [-0.2, 0) is 19.1 Å². The van der Waals surface area contributed by atoms with E-state index in [1.165, 1.54) is 37.3 Å². The second-order valence-corrected chi connectivity index (χ2v) is 9.45. The maximum atomic E-state index is 13.1. The van der Waals surface area contributed by atoms with Crippen molar-refractivity contribution in [3.8, 4) is 0 Å². The third-order valence-corrected chi connectivity index (χ3v) is 6.45. The molecule has 0 fully saturated rings. The predicted molar refractivity (Wildman–Crippen MR) is 119 cm³/mol. The molecule has 1 heterocycles. The predicted octanol–water partition coefficient (Wildman–Crippen LogP) is 3.19. The summed E-state index contributed by atoms with van der Waals surface area (Å²) in [6, 6.07) is 3.15. The van der Waals surface area contributed by atoms with Crippen LogP contribution in [0.15, 0.2) is 21.7 Å². The summed E-state index contributed by atoms with van der Waals surface area (Å²) in [5.74, 6) is -2.17. The van der Waals surface area contributed by atoms with Crippen molar-refractivity contribution in [2.75, 3.05) is 26.6 Å². The van der Waals surface area contributed by atoms with Gasteiger partial charge in [0.1, 0.15) is 0 Å². The highest BCUT2D eigenvalue weighted by Crippen LogP contribution is 2.25. The average Bonchev–Trinajstić information content (AvgIpc) is 3.26. The molecule has 9 nitrogen and oxygen atoms in total. The van der Waals surface area contributed by atoms with E-state index >= 15 is 0 Å². The van der Waals surface area contributed by atoms with Gasteiger partial charge in [-0.25, -0.2) is 9.86 Å². The quantitative estimate of drug-likeness (QED) is 0.157. The van der Waals surface area contributed by atoms with Gasteiger partial charge in [-0.05, 0) is 30.2 Å². The molecule has 174 valence electrons. The van der Waals surface area contributed by atoms with Crippen molar-refractivity contribution in [1.29, 1.82) is 0 Å². The van der Waals surface area contributed by atoms with Gasteiger partial charge in [-0.2, -0.15) is 0 Å². The van der Waals surface area contributed by atoms with Gasteiger partial charge in [0.25, 0.3) is 0 Å². The first-order chi connectivity index (χ1) is 14.7. The number of ether oxygens (including phenoxy) is 1. The molecule has 0 radical (unpaired) electrons. The Kier molecular flexibility index (Phi) is 12.2. The number of hydrogen-bond donors (Lipinski definition) is 2. The van der Waals surface area contributed by atoms with E-state index in [2.05, 4.69) is 10.1 Å². The van der Waals surface area contributed by atoms with E-state index in [9.17, 15) is 24.4 Å². The van der Waals surface area contributed by atoms with Crippen LogP contribution in [0.4, 0.5) is 4.79 Å². The van der Waals surface area contributed by atoms with Crippen LogP contribution in [0.5, 0.6) is 0 Å². The molecule has 0 aliphatic carbocycles. The number of rotatable bonds is 12. The van der Waals surface area contributed by atoms with Gasteiger partial charge in [-0.1, -0.05) is 31.7 Å². The molecule has 0 aliphatic heterocycles. The number of hydrogen-bond acceptors (Lipinski definition) is 8. The lowest BCUT2D eigenvalue weighted by Crippen LogP contribution is -2.47. The van der Waals surface area contributed by atoms with E-state index in [0.29, 0.717) is 11.5 Å². The van der Waals surface area contributed by atoms with Crippen molar-refractivity contribution in [2.45, 2.75) is 43.7 Å². The molecule has 4 amide bonds. The zero-order valence-electron chi connectivity index (χ0n) is 18.3. The number of methoxy groups -OCH3 is 1. The molecule has 2 N–H and O–H groups in total. The summed E-state index contributed by atoms with van der Waals surface area (Å²) in [6.45, 7) is 3.85. The number of carbonyl (C=O) groups excluding carboxylic acids is 4. The number of esters is 1. The Morgan fingerprint density at radius 1 is 1.29 bits per heavy atom. The second kappa shape index (κ2) is 14.0. The molecule has 0 aromatic carbocycles. The molecule has 1 atom stereocenters. The summed E-state index contributed by atoms with van der Waals surface area (Å²) < 4.78 is 5.54. The first kappa shape index (κ1) is 26.9. The van der Waals surface area contributed by atoms with Crippen LogP contribution < -0.4 is 5.32 Å². The molecule has 11 heteroatoms. The Balaban J connectivity index is 2.81. The van der Waals surface area contributed by atoms with Crippen molar-refractivity contribution in [1.82, 2.24) is 15.3 Å². The molecule has 1 aromatic rings. The fraction of sp³-hybridized carbons (Fsp3) is 0.600. The van der Waals surface area contributed by atoms with E-state index in [-0.39, 0.29) is 37.6 Å². The van der Waals surface area contributed by atoms with Gasteiger partial charge in [0.2, 0.25) is 11.8 Å². The van der Waals surface area contributed by atoms with E-state index in [0.717, 1.165) is 9.11 Å². The summed E-state index contributed by atoms with van der Waals surface area (Å²) in [5, 5.41) is 15.0. The molecule has 0 bridgehead atoms. The van der Waals surface area contributed by atoms with Gasteiger partial charge >= 0.3 is 12.0 Å². The topological polar surface area (TPSA) is 116 Å². The Labute approximate surface area is 191 Å². The van der Waals surface area contributed by atoms with E-state index in [1.54, 1.807) is 0 Å².